The number of carbonyl (C=O) groups is 2. The van der Waals surface area contributed by atoms with E-state index in [4.69, 9.17) is 0 Å². The third-order valence-electron chi connectivity index (χ3n) is 2.96. The average molecular weight is 418 g/mol. The third-order valence-corrected chi connectivity index (χ3v) is 6.48. The van der Waals surface area contributed by atoms with Crippen LogP contribution >= 0.6 is 43.2 Å². The molecule has 104 valence electrons. The fraction of sp³-hybridized carbons (Fsp3) is 0.143. The van der Waals surface area contributed by atoms with Gasteiger partial charge in [-0.15, -0.1) is 11.3 Å². The number of rotatable bonds is 3. The predicted molar refractivity (Wildman–Crippen MR) is 86.0 cm³/mol. The largest absolute Gasteiger partial charge is 0.478 e. The lowest BCUT2D eigenvalue weighted by molar-refractivity contribution is 0.0692. The molecule has 1 N–H and O–H groups in total. The minimum absolute atomic E-state index is 0.0754. The van der Waals surface area contributed by atoms with Crippen LogP contribution in [0.4, 0.5) is 0 Å². The summed E-state index contributed by atoms with van der Waals surface area (Å²) in [7, 11) is 0. The molecule has 0 saturated carbocycles. The van der Waals surface area contributed by atoms with Crippen molar-refractivity contribution in [2.45, 2.75) is 13.8 Å². The first-order valence-corrected chi connectivity index (χ1v) is 8.11. The Labute approximate surface area is 136 Å². The number of carboxylic acids is 1. The van der Waals surface area contributed by atoms with Gasteiger partial charge in [0.05, 0.1) is 14.9 Å². The Morgan fingerprint density at radius 1 is 1.10 bits per heavy atom. The molecule has 0 spiro atoms. The smallest absolute Gasteiger partial charge is 0.336 e. The number of aryl methyl sites for hydroxylation is 2. The van der Waals surface area contributed by atoms with E-state index in [2.05, 4.69) is 31.9 Å². The summed E-state index contributed by atoms with van der Waals surface area (Å²) in [6.45, 7) is 3.44. The van der Waals surface area contributed by atoms with Crippen LogP contribution < -0.4 is 0 Å². The van der Waals surface area contributed by atoms with Crippen LogP contribution in [-0.4, -0.2) is 16.9 Å². The molecule has 1 heterocycles. The Balaban J connectivity index is 2.69. The van der Waals surface area contributed by atoms with Crippen molar-refractivity contribution in [1.29, 1.82) is 0 Å². The van der Waals surface area contributed by atoms with Gasteiger partial charge in [-0.3, -0.25) is 4.79 Å². The SMILES string of the molecule is Cc1ccc(C)c(C(=O)c2scc(Br)c2Br)c1C(=O)O. The van der Waals surface area contributed by atoms with Crippen LogP contribution in [0, 0.1) is 13.8 Å². The first kappa shape index (κ1) is 15.4. The summed E-state index contributed by atoms with van der Waals surface area (Å²) >= 11 is 7.96. The number of benzene rings is 1. The summed E-state index contributed by atoms with van der Waals surface area (Å²) in [6, 6.07) is 3.49. The molecule has 0 atom stereocenters. The summed E-state index contributed by atoms with van der Waals surface area (Å²) in [5, 5.41) is 11.2. The molecule has 0 saturated heterocycles. The second-order valence-electron chi connectivity index (χ2n) is 4.31. The fourth-order valence-corrected chi connectivity index (χ4v) is 4.07. The molecule has 20 heavy (non-hydrogen) atoms. The molecule has 0 aliphatic rings. The predicted octanol–water partition coefficient (Wildman–Crippen LogP) is 4.82. The molecule has 0 radical (unpaired) electrons. The molecular weight excluding hydrogens is 408 g/mol. The highest BCUT2D eigenvalue weighted by Crippen LogP contribution is 2.35. The topological polar surface area (TPSA) is 54.4 Å². The van der Waals surface area contributed by atoms with Crippen molar-refractivity contribution >= 4 is 54.9 Å². The van der Waals surface area contributed by atoms with Gasteiger partial charge in [-0.1, -0.05) is 12.1 Å². The summed E-state index contributed by atoms with van der Waals surface area (Å²) < 4.78 is 1.44. The van der Waals surface area contributed by atoms with Crippen LogP contribution in [0.15, 0.2) is 26.5 Å². The zero-order valence-electron chi connectivity index (χ0n) is 10.7. The normalized spacial score (nSPS) is 10.6. The van der Waals surface area contributed by atoms with E-state index < -0.39 is 5.97 Å². The van der Waals surface area contributed by atoms with E-state index in [0.29, 0.717) is 20.5 Å². The number of carbonyl (C=O) groups excluding carboxylic acids is 1. The monoisotopic (exact) mass is 416 g/mol. The Morgan fingerprint density at radius 3 is 2.10 bits per heavy atom. The number of aromatic carboxylic acids is 1. The summed E-state index contributed by atoms with van der Waals surface area (Å²) in [5.41, 5.74) is 1.58. The second kappa shape index (κ2) is 5.79. The quantitative estimate of drug-likeness (QED) is 0.728. The van der Waals surface area contributed by atoms with Crippen molar-refractivity contribution in [2.24, 2.45) is 0 Å². The number of halogens is 2. The van der Waals surface area contributed by atoms with Gasteiger partial charge in [0.1, 0.15) is 0 Å². The van der Waals surface area contributed by atoms with Crippen LogP contribution in [0.25, 0.3) is 0 Å². The zero-order valence-corrected chi connectivity index (χ0v) is 14.6. The van der Waals surface area contributed by atoms with E-state index >= 15 is 0 Å². The molecule has 1 aromatic carbocycles. The van der Waals surface area contributed by atoms with Crippen LogP contribution in [0.2, 0.25) is 0 Å². The van der Waals surface area contributed by atoms with Gasteiger partial charge in [-0.05, 0) is 56.8 Å². The zero-order chi connectivity index (χ0) is 15.0. The molecule has 2 rings (SSSR count). The van der Waals surface area contributed by atoms with Crippen LogP contribution in [0.1, 0.15) is 36.7 Å². The van der Waals surface area contributed by atoms with Crippen molar-refractivity contribution in [1.82, 2.24) is 0 Å². The maximum atomic E-state index is 12.7. The summed E-state index contributed by atoms with van der Waals surface area (Å²) in [6.07, 6.45) is 0. The first-order chi connectivity index (χ1) is 9.34. The first-order valence-electron chi connectivity index (χ1n) is 5.65. The van der Waals surface area contributed by atoms with E-state index in [0.717, 1.165) is 4.47 Å². The molecule has 0 aliphatic heterocycles. The van der Waals surface area contributed by atoms with Crippen LogP contribution in [-0.2, 0) is 0 Å². The lowest BCUT2D eigenvalue weighted by Gasteiger charge is -2.11. The fourth-order valence-electron chi connectivity index (χ4n) is 1.97. The van der Waals surface area contributed by atoms with Crippen molar-refractivity contribution in [3.63, 3.8) is 0 Å². The van der Waals surface area contributed by atoms with E-state index in [9.17, 15) is 14.7 Å². The van der Waals surface area contributed by atoms with E-state index in [1.807, 2.05) is 0 Å². The van der Waals surface area contributed by atoms with Crippen molar-refractivity contribution in [3.8, 4) is 0 Å². The molecule has 0 bridgehead atoms. The van der Waals surface area contributed by atoms with Gasteiger partial charge in [0.15, 0.2) is 0 Å². The lowest BCUT2D eigenvalue weighted by Crippen LogP contribution is -2.13. The Morgan fingerprint density at radius 2 is 1.65 bits per heavy atom. The van der Waals surface area contributed by atoms with E-state index in [1.54, 1.807) is 31.4 Å². The van der Waals surface area contributed by atoms with Gasteiger partial charge in [0.2, 0.25) is 5.78 Å². The number of hydrogen-bond acceptors (Lipinski definition) is 3. The Kier molecular flexibility index (Phi) is 4.46. The van der Waals surface area contributed by atoms with Crippen LogP contribution in [0.5, 0.6) is 0 Å². The number of ketones is 1. The van der Waals surface area contributed by atoms with Gasteiger partial charge in [-0.25, -0.2) is 4.79 Å². The highest BCUT2D eigenvalue weighted by Gasteiger charge is 2.25. The van der Waals surface area contributed by atoms with E-state index in [1.165, 1.54) is 11.3 Å². The highest BCUT2D eigenvalue weighted by molar-refractivity contribution is 9.13. The Bertz CT molecular complexity index is 719. The molecule has 0 amide bonds. The molecule has 3 nitrogen and oxygen atoms in total. The third kappa shape index (κ3) is 2.60. The molecule has 1 aromatic heterocycles. The summed E-state index contributed by atoms with van der Waals surface area (Å²) in [4.78, 5) is 24.6. The van der Waals surface area contributed by atoms with Crippen molar-refractivity contribution in [2.75, 3.05) is 0 Å². The minimum Gasteiger partial charge on any atom is -0.478 e. The molecule has 2 aromatic rings. The molecule has 6 heteroatoms. The number of hydrogen-bond donors (Lipinski definition) is 1. The van der Waals surface area contributed by atoms with Gasteiger partial charge < -0.3 is 5.11 Å². The highest BCUT2D eigenvalue weighted by atomic mass is 79.9. The lowest BCUT2D eigenvalue weighted by atomic mass is 9.93. The molecule has 0 aliphatic carbocycles. The van der Waals surface area contributed by atoms with Gasteiger partial charge in [0, 0.05) is 15.4 Å². The number of thiophene rings is 1. The molecule has 0 unspecified atom stereocenters. The van der Waals surface area contributed by atoms with Gasteiger partial charge >= 0.3 is 5.97 Å². The average Bonchev–Trinajstić information content (AvgIpc) is 2.71. The Hall–Kier alpha value is -0.980. The standard InChI is InChI=1S/C14H10Br2O3S/c1-6-3-4-7(2)10(14(18)19)9(6)12(17)13-11(16)8(15)5-20-13/h3-5H,1-2H3,(H,18,19). The minimum atomic E-state index is -1.08. The molecule has 0 fully saturated rings. The number of carboxylic acid groups (broad SMARTS) is 1. The molecular formula is C14H10Br2O3S. The summed E-state index contributed by atoms with van der Waals surface area (Å²) in [5.74, 6) is -1.35. The van der Waals surface area contributed by atoms with Crippen molar-refractivity contribution < 1.29 is 14.7 Å². The van der Waals surface area contributed by atoms with Crippen LogP contribution in [0.3, 0.4) is 0 Å². The van der Waals surface area contributed by atoms with E-state index in [-0.39, 0.29) is 16.9 Å². The maximum absolute atomic E-state index is 12.7. The van der Waals surface area contributed by atoms with Crippen molar-refractivity contribution in [3.05, 3.63) is 53.6 Å². The second-order valence-corrected chi connectivity index (χ2v) is 6.84. The maximum Gasteiger partial charge on any atom is 0.336 e. The van der Waals surface area contributed by atoms with Gasteiger partial charge in [-0.2, -0.15) is 0 Å². The van der Waals surface area contributed by atoms with Gasteiger partial charge in [0.25, 0.3) is 0 Å².